The van der Waals surface area contributed by atoms with Gasteiger partial charge in [-0.3, -0.25) is 9.36 Å². The summed E-state index contributed by atoms with van der Waals surface area (Å²) in [6.07, 6.45) is 1.71. The number of imidazole rings is 1. The third-order valence-electron chi connectivity index (χ3n) is 4.16. The van der Waals surface area contributed by atoms with Gasteiger partial charge in [-0.05, 0) is 65.3 Å². The SMILES string of the molecule is Cc1nc2cccnc2n1-c1cc(C(=O)Nc2ccccc2Br)ccc1Cl. The van der Waals surface area contributed by atoms with Crippen LogP contribution in [-0.4, -0.2) is 20.4 Å². The Hall–Kier alpha value is -2.70. The van der Waals surface area contributed by atoms with Crippen LogP contribution >= 0.6 is 27.5 Å². The Kier molecular flexibility index (Phi) is 4.68. The fourth-order valence-electron chi connectivity index (χ4n) is 2.90. The number of pyridine rings is 1. The van der Waals surface area contributed by atoms with Crippen molar-refractivity contribution in [1.29, 1.82) is 0 Å². The highest BCUT2D eigenvalue weighted by atomic mass is 79.9. The van der Waals surface area contributed by atoms with E-state index in [-0.39, 0.29) is 5.91 Å². The molecular weight excluding hydrogens is 428 g/mol. The predicted molar refractivity (Wildman–Crippen MR) is 111 cm³/mol. The Balaban J connectivity index is 1.77. The fraction of sp³-hybridized carbons (Fsp3) is 0.0500. The Morgan fingerprint density at radius 2 is 1.96 bits per heavy atom. The normalized spacial score (nSPS) is 10.9. The average Bonchev–Trinajstić information content (AvgIpc) is 2.99. The van der Waals surface area contributed by atoms with Crippen LogP contribution in [0.1, 0.15) is 16.2 Å². The summed E-state index contributed by atoms with van der Waals surface area (Å²) in [6, 6.07) is 16.3. The van der Waals surface area contributed by atoms with Gasteiger partial charge in [0.05, 0.1) is 16.4 Å². The smallest absolute Gasteiger partial charge is 0.255 e. The summed E-state index contributed by atoms with van der Waals surface area (Å²) in [7, 11) is 0. The van der Waals surface area contributed by atoms with Crippen LogP contribution < -0.4 is 5.32 Å². The van der Waals surface area contributed by atoms with Crippen LogP contribution in [0.4, 0.5) is 5.69 Å². The highest BCUT2D eigenvalue weighted by Crippen LogP contribution is 2.28. The first-order valence-electron chi connectivity index (χ1n) is 8.20. The number of fused-ring (bicyclic) bond motifs is 1. The quantitative estimate of drug-likeness (QED) is 0.463. The molecule has 5 nitrogen and oxygen atoms in total. The molecule has 0 saturated heterocycles. The molecule has 2 aromatic carbocycles. The number of carbonyl (C=O) groups excluding carboxylic acids is 1. The lowest BCUT2D eigenvalue weighted by atomic mass is 10.1. The molecule has 1 N–H and O–H groups in total. The molecule has 0 atom stereocenters. The number of para-hydroxylation sites is 1. The van der Waals surface area contributed by atoms with Crippen LogP contribution in [0, 0.1) is 6.92 Å². The zero-order chi connectivity index (χ0) is 19.0. The molecular formula is C20H14BrClN4O. The van der Waals surface area contributed by atoms with Gasteiger partial charge >= 0.3 is 0 Å². The van der Waals surface area contributed by atoms with E-state index in [0.717, 1.165) is 15.8 Å². The third kappa shape index (κ3) is 3.34. The molecule has 0 bridgehead atoms. The molecule has 4 rings (SSSR count). The van der Waals surface area contributed by atoms with E-state index >= 15 is 0 Å². The number of aromatic nitrogens is 3. The van der Waals surface area contributed by atoms with Crippen molar-refractivity contribution in [2.45, 2.75) is 6.92 Å². The second-order valence-corrected chi connectivity index (χ2v) is 7.20. The molecule has 2 aromatic heterocycles. The molecule has 1 amide bonds. The first-order chi connectivity index (χ1) is 13.0. The summed E-state index contributed by atoms with van der Waals surface area (Å²) >= 11 is 9.87. The number of hydrogen-bond acceptors (Lipinski definition) is 3. The number of anilines is 1. The maximum Gasteiger partial charge on any atom is 0.255 e. The summed E-state index contributed by atoms with van der Waals surface area (Å²) in [4.78, 5) is 21.7. The number of nitrogens with zero attached hydrogens (tertiary/aromatic N) is 3. The van der Waals surface area contributed by atoms with Gasteiger partial charge in [-0.15, -0.1) is 0 Å². The summed E-state index contributed by atoms with van der Waals surface area (Å²) in [6.45, 7) is 1.88. The standard InChI is InChI=1S/C20H14BrClN4O/c1-12-24-17-7-4-10-23-19(17)26(12)18-11-13(8-9-15(18)22)20(27)25-16-6-3-2-5-14(16)21/h2-11H,1H3,(H,25,27). The van der Waals surface area contributed by atoms with Crippen molar-refractivity contribution in [3.8, 4) is 5.69 Å². The van der Waals surface area contributed by atoms with Crippen LogP contribution in [0.5, 0.6) is 0 Å². The molecule has 0 aliphatic carbocycles. The first kappa shape index (κ1) is 17.7. The number of amides is 1. The molecule has 134 valence electrons. The number of halogens is 2. The Bertz CT molecular complexity index is 1170. The number of nitrogens with one attached hydrogen (secondary N) is 1. The van der Waals surface area contributed by atoms with Gasteiger partial charge in [0.2, 0.25) is 0 Å². The van der Waals surface area contributed by atoms with E-state index in [1.807, 2.05) is 47.9 Å². The van der Waals surface area contributed by atoms with Crippen LogP contribution in [0.3, 0.4) is 0 Å². The maximum atomic E-state index is 12.7. The summed E-state index contributed by atoms with van der Waals surface area (Å²) in [5, 5.41) is 3.42. The summed E-state index contributed by atoms with van der Waals surface area (Å²) < 4.78 is 2.67. The van der Waals surface area contributed by atoms with Crippen LogP contribution in [-0.2, 0) is 0 Å². The van der Waals surface area contributed by atoms with E-state index in [1.165, 1.54) is 0 Å². The minimum atomic E-state index is -0.227. The van der Waals surface area contributed by atoms with E-state index in [0.29, 0.717) is 27.6 Å². The van der Waals surface area contributed by atoms with Gasteiger partial charge in [-0.2, -0.15) is 0 Å². The zero-order valence-corrected chi connectivity index (χ0v) is 16.6. The van der Waals surface area contributed by atoms with E-state index in [2.05, 4.69) is 31.2 Å². The molecule has 0 saturated carbocycles. The molecule has 27 heavy (non-hydrogen) atoms. The minimum absolute atomic E-state index is 0.227. The Morgan fingerprint density at radius 3 is 2.78 bits per heavy atom. The van der Waals surface area contributed by atoms with Crippen molar-refractivity contribution in [3.63, 3.8) is 0 Å². The van der Waals surface area contributed by atoms with E-state index in [9.17, 15) is 4.79 Å². The fourth-order valence-corrected chi connectivity index (χ4v) is 3.48. The number of hydrogen-bond donors (Lipinski definition) is 1. The molecule has 0 unspecified atom stereocenters. The molecule has 7 heteroatoms. The van der Waals surface area contributed by atoms with E-state index in [1.54, 1.807) is 24.4 Å². The van der Waals surface area contributed by atoms with Gasteiger partial charge in [-0.25, -0.2) is 9.97 Å². The first-order valence-corrected chi connectivity index (χ1v) is 9.37. The van der Waals surface area contributed by atoms with Gasteiger partial charge in [0.25, 0.3) is 5.91 Å². The molecule has 4 aromatic rings. The molecule has 0 radical (unpaired) electrons. The Morgan fingerprint density at radius 1 is 1.15 bits per heavy atom. The number of aryl methyl sites for hydroxylation is 1. The molecule has 0 aliphatic rings. The second kappa shape index (κ2) is 7.13. The monoisotopic (exact) mass is 440 g/mol. The van der Waals surface area contributed by atoms with E-state index in [4.69, 9.17) is 11.6 Å². The number of benzene rings is 2. The average molecular weight is 442 g/mol. The van der Waals surface area contributed by atoms with Crippen molar-refractivity contribution in [3.05, 3.63) is 81.7 Å². The van der Waals surface area contributed by atoms with Gasteiger partial charge < -0.3 is 5.32 Å². The van der Waals surface area contributed by atoms with Crippen molar-refractivity contribution in [2.75, 3.05) is 5.32 Å². The van der Waals surface area contributed by atoms with Gasteiger partial charge in [-0.1, -0.05) is 23.7 Å². The van der Waals surface area contributed by atoms with Gasteiger partial charge in [0, 0.05) is 16.2 Å². The number of rotatable bonds is 3. The summed E-state index contributed by atoms with van der Waals surface area (Å²) in [5.41, 5.74) is 3.32. The highest BCUT2D eigenvalue weighted by molar-refractivity contribution is 9.10. The minimum Gasteiger partial charge on any atom is -0.321 e. The largest absolute Gasteiger partial charge is 0.321 e. The second-order valence-electron chi connectivity index (χ2n) is 5.94. The highest BCUT2D eigenvalue weighted by Gasteiger charge is 2.16. The van der Waals surface area contributed by atoms with Crippen LogP contribution in [0.25, 0.3) is 16.9 Å². The van der Waals surface area contributed by atoms with E-state index < -0.39 is 0 Å². The summed E-state index contributed by atoms with van der Waals surface area (Å²) in [5.74, 6) is 0.517. The van der Waals surface area contributed by atoms with Gasteiger partial charge in [0.15, 0.2) is 5.65 Å². The lowest BCUT2D eigenvalue weighted by molar-refractivity contribution is 0.102. The van der Waals surface area contributed by atoms with Crippen LogP contribution in [0.2, 0.25) is 5.02 Å². The molecule has 0 spiro atoms. The number of carbonyl (C=O) groups is 1. The van der Waals surface area contributed by atoms with Crippen molar-refractivity contribution < 1.29 is 4.79 Å². The lowest BCUT2D eigenvalue weighted by Gasteiger charge is -2.12. The maximum absolute atomic E-state index is 12.7. The van der Waals surface area contributed by atoms with Crippen molar-refractivity contribution in [1.82, 2.24) is 14.5 Å². The predicted octanol–water partition coefficient (Wildman–Crippen LogP) is 5.40. The van der Waals surface area contributed by atoms with Gasteiger partial charge in [0.1, 0.15) is 11.3 Å². The lowest BCUT2D eigenvalue weighted by Crippen LogP contribution is -2.13. The van der Waals surface area contributed by atoms with Crippen LogP contribution in [0.15, 0.2) is 65.3 Å². The molecule has 2 heterocycles. The topological polar surface area (TPSA) is 59.8 Å². The van der Waals surface area contributed by atoms with Crippen molar-refractivity contribution >= 4 is 50.3 Å². The van der Waals surface area contributed by atoms with Crippen molar-refractivity contribution in [2.24, 2.45) is 0 Å². The molecule has 0 aliphatic heterocycles. The Labute approximate surface area is 169 Å². The third-order valence-corrected chi connectivity index (χ3v) is 5.17. The molecule has 0 fully saturated rings. The zero-order valence-electron chi connectivity index (χ0n) is 14.3.